The minimum Gasteiger partial charge on any atom is -0.337 e. The first-order valence-electron chi connectivity index (χ1n) is 10.6. The van der Waals surface area contributed by atoms with Gasteiger partial charge in [-0.25, -0.2) is 0 Å². The van der Waals surface area contributed by atoms with Gasteiger partial charge in [0, 0.05) is 30.7 Å². The molecular weight excluding hydrogens is 440 g/mol. The van der Waals surface area contributed by atoms with Crippen molar-refractivity contribution in [3.63, 3.8) is 0 Å². The number of halogens is 1. The first-order chi connectivity index (χ1) is 15.5. The summed E-state index contributed by atoms with van der Waals surface area (Å²) in [5.74, 6) is 0.616. The van der Waals surface area contributed by atoms with Crippen LogP contribution in [0.5, 0.6) is 0 Å². The lowest BCUT2D eigenvalue weighted by Gasteiger charge is -2.24. The van der Waals surface area contributed by atoms with E-state index in [9.17, 15) is 9.59 Å². The van der Waals surface area contributed by atoms with Crippen molar-refractivity contribution in [2.45, 2.75) is 18.3 Å². The Labute approximate surface area is 198 Å². The second-order valence-electron chi connectivity index (χ2n) is 7.90. The topological polar surface area (TPSA) is 40.6 Å². The van der Waals surface area contributed by atoms with Crippen LogP contribution in [0.3, 0.4) is 0 Å². The van der Waals surface area contributed by atoms with Crippen molar-refractivity contribution in [2.75, 3.05) is 19.3 Å². The molecule has 32 heavy (non-hydrogen) atoms. The van der Waals surface area contributed by atoms with E-state index in [1.165, 1.54) is 5.56 Å². The summed E-state index contributed by atoms with van der Waals surface area (Å²) in [6, 6.07) is 25.4. The van der Waals surface area contributed by atoms with Crippen molar-refractivity contribution in [2.24, 2.45) is 0 Å². The lowest BCUT2D eigenvalue weighted by Crippen LogP contribution is -2.30. The minimum absolute atomic E-state index is 0.0119. The van der Waals surface area contributed by atoms with E-state index in [0.717, 1.165) is 17.5 Å². The fourth-order valence-electron chi connectivity index (χ4n) is 3.81. The van der Waals surface area contributed by atoms with Crippen LogP contribution in [-0.2, 0) is 17.8 Å². The third-order valence-electron chi connectivity index (χ3n) is 5.57. The molecule has 3 aromatic carbocycles. The van der Waals surface area contributed by atoms with Gasteiger partial charge in [-0.3, -0.25) is 9.59 Å². The van der Waals surface area contributed by atoms with E-state index in [4.69, 9.17) is 11.6 Å². The van der Waals surface area contributed by atoms with Gasteiger partial charge in [0.15, 0.2) is 0 Å². The van der Waals surface area contributed by atoms with Crippen molar-refractivity contribution < 1.29 is 9.59 Å². The number of hydrogen-bond donors (Lipinski definition) is 0. The second kappa shape index (κ2) is 10.2. The van der Waals surface area contributed by atoms with Crippen LogP contribution in [0, 0.1) is 0 Å². The van der Waals surface area contributed by atoms with Crippen molar-refractivity contribution in [1.82, 2.24) is 9.80 Å². The van der Waals surface area contributed by atoms with Crippen molar-refractivity contribution >= 4 is 35.2 Å². The zero-order valence-electron chi connectivity index (χ0n) is 17.9. The number of amides is 2. The number of carbonyl (C=O) groups excluding carboxylic acids is 2. The molecule has 4 rings (SSSR count). The van der Waals surface area contributed by atoms with E-state index in [-0.39, 0.29) is 17.2 Å². The molecule has 0 aliphatic carbocycles. The Hall–Kier alpha value is -2.76. The molecule has 1 unspecified atom stereocenters. The maximum absolute atomic E-state index is 12.9. The van der Waals surface area contributed by atoms with Crippen LogP contribution < -0.4 is 0 Å². The number of carbonyl (C=O) groups is 2. The smallest absolute Gasteiger partial charge is 0.253 e. The van der Waals surface area contributed by atoms with Crippen molar-refractivity contribution in [1.29, 1.82) is 0 Å². The summed E-state index contributed by atoms with van der Waals surface area (Å²) in [6.07, 6.45) is 0.829. The zero-order chi connectivity index (χ0) is 22.5. The monoisotopic (exact) mass is 464 g/mol. The number of hydrogen-bond acceptors (Lipinski definition) is 3. The van der Waals surface area contributed by atoms with E-state index in [2.05, 4.69) is 12.1 Å². The van der Waals surface area contributed by atoms with Gasteiger partial charge in [-0.05, 0) is 47.4 Å². The highest BCUT2D eigenvalue weighted by Crippen LogP contribution is 2.38. The highest BCUT2D eigenvalue weighted by atomic mass is 35.5. The molecule has 6 heteroatoms. The van der Waals surface area contributed by atoms with Gasteiger partial charge >= 0.3 is 0 Å². The highest BCUT2D eigenvalue weighted by molar-refractivity contribution is 8.00. The summed E-state index contributed by atoms with van der Waals surface area (Å²) in [5.41, 5.74) is 3.93. The Morgan fingerprint density at radius 2 is 1.69 bits per heavy atom. The van der Waals surface area contributed by atoms with E-state index in [1.807, 2.05) is 71.6 Å². The van der Waals surface area contributed by atoms with Crippen LogP contribution in [0.15, 0.2) is 78.9 Å². The lowest BCUT2D eigenvalue weighted by molar-refractivity contribution is -0.128. The van der Waals surface area contributed by atoms with Gasteiger partial charge in [0.1, 0.15) is 5.37 Å². The molecule has 0 N–H and O–H groups in total. The summed E-state index contributed by atoms with van der Waals surface area (Å²) in [7, 11) is 1.79. The minimum atomic E-state index is -0.0393. The SMILES string of the molecule is CN(Cc1ccc(Cl)cc1)C(=O)c1ccc(C2SCC(=O)N2CCc2ccccc2)cc1. The maximum Gasteiger partial charge on any atom is 0.253 e. The zero-order valence-corrected chi connectivity index (χ0v) is 19.5. The molecule has 1 aliphatic rings. The molecule has 1 saturated heterocycles. The second-order valence-corrected chi connectivity index (χ2v) is 9.40. The third-order valence-corrected chi connectivity index (χ3v) is 7.08. The summed E-state index contributed by atoms with van der Waals surface area (Å²) >= 11 is 7.58. The maximum atomic E-state index is 12.9. The highest BCUT2D eigenvalue weighted by Gasteiger charge is 2.32. The summed E-state index contributed by atoms with van der Waals surface area (Å²) in [5, 5.41) is 0.668. The molecule has 1 fully saturated rings. The van der Waals surface area contributed by atoms with E-state index in [0.29, 0.717) is 29.4 Å². The summed E-state index contributed by atoms with van der Waals surface area (Å²) < 4.78 is 0. The number of benzene rings is 3. The molecule has 0 saturated carbocycles. The molecule has 1 atom stereocenters. The predicted octanol–water partition coefficient (Wildman–Crippen LogP) is 5.43. The van der Waals surface area contributed by atoms with Gasteiger partial charge in [-0.2, -0.15) is 0 Å². The molecule has 0 bridgehead atoms. The van der Waals surface area contributed by atoms with Crippen molar-refractivity contribution in [3.05, 3.63) is 106 Å². The molecule has 0 radical (unpaired) electrons. The molecule has 0 aromatic heterocycles. The quantitative estimate of drug-likeness (QED) is 0.468. The normalized spacial score (nSPS) is 15.8. The molecule has 4 nitrogen and oxygen atoms in total. The van der Waals surface area contributed by atoms with Gasteiger partial charge in [-0.15, -0.1) is 11.8 Å². The first-order valence-corrected chi connectivity index (χ1v) is 12.0. The van der Waals surface area contributed by atoms with Crippen LogP contribution >= 0.6 is 23.4 Å². The third kappa shape index (κ3) is 5.34. The van der Waals surface area contributed by atoms with Gasteiger partial charge in [0.25, 0.3) is 5.91 Å². The average Bonchev–Trinajstić information content (AvgIpc) is 3.19. The summed E-state index contributed by atoms with van der Waals surface area (Å²) in [4.78, 5) is 29.0. The first kappa shape index (κ1) is 22.4. The fourth-order valence-corrected chi connectivity index (χ4v) is 5.16. The van der Waals surface area contributed by atoms with Gasteiger partial charge < -0.3 is 9.80 Å². The molecule has 1 heterocycles. The molecule has 164 valence electrons. The van der Waals surface area contributed by atoms with Crippen LogP contribution in [0.2, 0.25) is 5.02 Å². The Kier molecular flexibility index (Phi) is 7.18. The fraction of sp³-hybridized carbons (Fsp3) is 0.231. The average molecular weight is 465 g/mol. The molecular formula is C26H25ClN2O2S. The van der Waals surface area contributed by atoms with Crippen LogP contribution in [0.1, 0.15) is 32.4 Å². The summed E-state index contributed by atoms with van der Waals surface area (Å²) in [6.45, 7) is 1.20. The van der Waals surface area contributed by atoms with E-state index in [1.54, 1.807) is 23.7 Å². The standard InChI is InChI=1S/C26H25ClN2O2S/c1-28(17-20-7-13-23(27)14-8-20)25(31)21-9-11-22(12-10-21)26-29(24(30)18-32-26)16-15-19-5-3-2-4-6-19/h2-14,26H,15-18H2,1H3. The molecule has 0 spiro atoms. The lowest BCUT2D eigenvalue weighted by atomic mass is 10.1. The molecule has 1 aliphatic heterocycles. The molecule has 3 aromatic rings. The van der Waals surface area contributed by atoms with Gasteiger partial charge in [0.05, 0.1) is 5.75 Å². The molecule has 2 amide bonds. The Balaban J connectivity index is 1.40. The van der Waals surface area contributed by atoms with E-state index >= 15 is 0 Å². The van der Waals surface area contributed by atoms with Crippen LogP contribution in [0.25, 0.3) is 0 Å². The number of rotatable bonds is 7. The Morgan fingerprint density at radius 1 is 1.00 bits per heavy atom. The van der Waals surface area contributed by atoms with Crippen molar-refractivity contribution in [3.8, 4) is 0 Å². The Morgan fingerprint density at radius 3 is 2.38 bits per heavy atom. The van der Waals surface area contributed by atoms with Crippen LogP contribution in [-0.4, -0.2) is 41.0 Å². The van der Waals surface area contributed by atoms with E-state index < -0.39 is 0 Å². The van der Waals surface area contributed by atoms with Crippen LogP contribution in [0.4, 0.5) is 0 Å². The van der Waals surface area contributed by atoms with Gasteiger partial charge in [0.2, 0.25) is 5.91 Å². The van der Waals surface area contributed by atoms with Gasteiger partial charge in [-0.1, -0.05) is 66.2 Å². The Bertz CT molecular complexity index is 1070. The predicted molar refractivity (Wildman–Crippen MR) is 131 cm³/mol. The largest absolute Gasteiger partial charge is 0.337 e. The number of thioether (sulfide) groups is 1. The number of nitrogens with zero attached hydrogens (tertiary/aromatic N) is 2.